The summed E-state index contributed by atoms with van der Waals surface area (Å²) in [6.45, 7) is 3.21. The highest BCUT2D eigenvalue weighted by Gasteiger charge is 2.28. The fourth-order valence-corrected chi connectivity index (χ4v) is 2.29. The summed E-state index contributed by atoms with van der Waals surface area (Å²) in [5.41, 5.74) is 1.16. The number of benzene rings is 1. The molecule has 1 aromatic carbocycles. The SMILES string of the molecule is Cc1ccc(F)cc1C(=O)N1CCOCC1CCl. The molecule has 0 aromatic heterocycles. The zero-order chi connectivity index (χ0) is 13.1. The Morgan fingerprint density at radius 3 is 3.11 bits per heavy atom. The van der Waals surface area contributed by atoms with Gasteiger partial charge < -0.3 is 9.64 Å². The van der Waals surface area contributed by atoms with Crippen LogP contribution in [0.1, 0.15) is 15.9 Å². The number of rotatable bonds is 2. The molecule has 0 N–H and O–H groups in total. The van der Waals surface area contributed by atoms with Crippen LogP contribution in [0.25, 0.3) is 0 Å². The number of morpholine rings is 1. The quantitative estimate of drug-likeness (QED) is 0.772. The van der Waals surface area contributed by atoms with E-state index in [1.807, 2.05) is 0 Å². The van der Waals surface area contributed by atoms with Gasteiger partial charge in [-0.25, -0.2) is 4.39 Å². The highest BCUT2D eigenvalue weighted by atomic mass is 35.5. The average Bonchev–Trinajstić information content (AvgIpc) is 2.40. The van der Waals surface area contributed by atoms with Gasteiger partial charge in [0.05, 0.1) is 19.3 Å². The smallest absolute Gasteiger partial charge is 0.254 e. The molecule has 1 unspecified atom stereocenters. The molecule has 5 heteroatoms. The molecule has 1 fully saturated rings. The van der Waals surface area contributed by atoms with E-state index in [9.17, 15) is 9.18 Å². The summed E-state index contributed by atoms with van der Waals surface area (Å²) in [5.74, 6) is -0.263. The van der Waals surface area contributed by atoms with Crippen molar-refractivity contribution in [3.8, 4) is 0 Å². The van der Waals surface area contributed by atoms with Crippen molar-refractivity contribution in [1.82, 2.24) is 4.90 Å². The lowest BCUT2D eigenvalue weighted by molar-refractivity contribution is 0.00450. The summed E-state index contributed by atoms with van der Waals surface area (Å²) >= 11 is 5.83. The first-order chi connectivity index (χ1) is 8.63. The number of alkyl halides is 1. The fraction of sp³-hybridized carbons (Fsp3) is 0.462. The summed E-state index contributed by atoms with van der Waals surface area (Å²) in [4.78, 5) is 14.1. The molecule has 0 aliphatic carbocycles. The van der Waals surface area contributed by atoms with Crippen molar-refractivity contribution in [3.63, 3.8) is 0 Å². The second-order valence-corrected chi connectivity index (χ2v) is 4.65. The Hall–Kier alpha value is -1.13. The molecule has 1 aliphatic heterocycles. The van der Waals surface area contributed by atoms with E-state index in [1.165, 1.54) is 12.1 Å². The van der Waals surface area contributed by atoms with Crippen molar-refractivity contribution in [2.24, 2.45) is 0 Å². The van der Waals surface area contributed by atoms with Crippen LogP contribution < -0.4 is 0 Å². The minimum absolute atomic E-state index is 0.143. The molecule has 0 radical (unpaired) electrons. The van der Waals surface area contributed by atoms with Gasteiger partial charge in [-0.15, -0.1) is 11.6 Å². The molecule has 0 bridgehead atoms. The van der Waals surface area contributed by atoms with Gasteiger partial charge >= 0.3 is 0 Å². The van der Waals surface area contributed by atoms with Crippen molar-refractivity contribution < 1.29 is 13.9 Å². The topological polar surface area (TPSA) is 29.5 Å². The Labute approximate surface area is 110 Å². The molecule has 1 aromatic rings. The van der Waals surface area contributed by atoms with Gasteiger partial charge in [-0.05, 0) is 24.6 Å². The largest absolute Gasteiger partial charge is 0.377 e. The molecular formula is C13H15ClFNO2. The van der Waals surface area contributed by atoms with Gasteiger partial charge in [-0.2, -0.15) is 0 Å². The Bertz CT molecular complexity index is 453. The van der Waals surface area contributed by atoms with Crippen LogP contribution in [0.3, 0.4) is 0 Å². The van der Waals surface area contributed by atoms with Gasteiger partial charge in [0.25, 0.3) is 5.91 Å². The molecule has 1 atom stereocenters. The minimum Gasteiger partial charge on any atom is -0.377 e. The van der Waals surface area contributed by atoms with Crippen LogP contribution in [-0.2, 0) is 4.74 Å². The summed E-state index contributed by atoms with van der Waals surface area (Å²) in [5, 5.41) is 0. The molecule has 18 heavy (non-hydrogen) atoms. The van der Waals surface area contributed by atoms with Gasteiger partial charge in [0.2, 0.25) is 0 Å². The van der Waals surface area contributed by atoms with Crippen LogP contribution in [-0.4, -0.2) is 42.5 Å². The van der Waals surface area contributed by atoms with Crippen LogP contribution >= 0.6 is 11.6 Å². The number of halogens is 2. The summed E-state index contributed by atoms with van der Waals surface area (Å²) in [7, 11) is 0. The Morgan fingerprint density at radius 1 is 1.61 bits per heavy atom. The molecule has 98 valence electrons. The van der Waals surface area contributed by atoms with Gasteiger partial charge in [0.15, 0.2) is 0 Å². The maximum absolute atomic E-state index is 13.2. The number of nitrogens with zero attached hydrogens (tertiary/aromatic N) is 1. The monoisotopic (exact) mass is 271 g/mol. The minimum atomic E-state index is -0.403. The highest BCUT2D eigenvalue weighted by Crippen LogP contribution is 2.17. The van der Waals surface area contributed by atoms with Crippen molar-refractivity contribution in [2.45, 2.75) is 13.0 Å². The Balaban J connectivity index is 2.26. The molecule has 0 saturated carbocycles. The van der Waals surface area contributed by atoms with Crippen molar-refractivity contribution in [2.75, 3.05) is 25.6 Å². The van der Waals surface area contributed by atoms with Crippen molar-refractivity contribution in [1.29, 1.82) is 0 Å². The summed E-state index contributed by atoms with van der Waals surface area (Å²) in [6.07, 6.45) is 0. The first kappa shape index (κ1) is 13.3. The van der Waals surface area contributed by atoms with Gasteiger partial charge in [0, 0.05) is 18.0 Å². The van der Waals surface area contributed by atoms with E-state index in [2.05, 4.69) is 0 Å². The van der Waals surface area contributed by atoms with Crippen molar-refractivity contribution >= 4 is 17.5 Å². The van der Waals surface area contributed by atoms with Crippen molar-refractivity contribution in [3.05, 3.63) is 35.1 Å². The summed E-state index contributed by atoms with van der Waals surface area (Å²) in [6, 6.07) is 4.09. The summed E-state index contributed by atoms with van der Waals surface area (Å²) < 4.78 is 18.5. The lowest BCUT2D eigenvalue weighted by atomic mass is 10.1. The first-order valence-electron chi connectivity index (χ1n) is 5.84. The number of carbonyl (C=O) groups is 1. The molecule has 1 heterocycles. The molecule has 1 aliphatic rings. The Morgan fingerprint density at radius 2 is 2.39 bits per heavy atom. The zero-order valence-corrected chi connectivity index (χ0v) is 10.9. The van der Waals surface area contributed by atoms with Crippen LogP contribution in [0.5, 0.6) is 0 Å². The van der Waals surface area contributed by atoms with E-state index in [4.69, 9.17) is 16.3 Å². The number of amides is 1. The second kappa shape index (κ2) is 5.67. The van der Waals surface area contributed by atoms with E-state index >= 15 is 0 Å². The van der Waals surface area contributed by atoms with Crippen LogP contribution in [0.15, 0.2) is 18.2 Å². The lowest BCUT2D eigenvalue weighted by Crippen LogP contribution is -2.49. The molecule has 3 nitrogen and oxygen atoms in total. The van der Waals surface area contributed by atoms with E-state index < -0.39 is 5.82 Å². The molecule has 0 spiro atoms. The second-order valence-electron chi connectivity index (χ2n) is 4.34. The van der Waals surface area contributed by atoms with Crippen LogP contribution in [0.2, 0.25) is 0 Å². The average molecular weight is 272 g/mol. The van der Waals surface area contributed by atoms with Gasteiger partial charge in [-0.1, -0.05) is 6.07 Å². The number of aryl methyl sites for hydroxylation is 1. The van der Waals surface area contributed by atoms with Crippen LogP contribution in [0.4, 0.5) is 4.39 Å². The fourth-order valence-electron chi connectivity index (χ4n) is 2.03. The number of carbonyl (C=O) groups excluding carboxylic acids is 1. The van der Waals surface area contributed by atoms with Crippen LogP contribution in [0, 0.1) is 12.7 Å². The standard InChI is InChI=1S/C13H15ClFNO2/c1-9-2-3-10(15)6-12(9)13(17)16-4-5-18-8-11(16)7-14/h2-3,6,11H,4-5,7-8H2,1H3. The third-order valence-corrected chi connectivity index (χ3v) is 3.45. The number of hydrogen-bond donors (Lipinski definition) is 0. The molecular weight excluding hydrogens is 257 g/mol. The van der Waals surface area contributed by atoms with E-state index in [1.54, 1.807) is 17.9 Å². The van der Waals surface area contributed by atoms with E-state index in [-0.39, 0.29) is 11.9 Å². The molecule has 1 amide bonds. The third kappa shape index (κ3) is 2.65. The normalized spacial score (nSPS) is 19.9. The predicted molar refractivity (Wildman–Crippen MR) is 67.5 cm³/mol. The number of ether oxygens (including phenoxy) is 1. The molecule has 2 rings (SSSR count). The zero-order valence-electron chi connectivity index (χ0n) is 10.2. The maximum atomic E-state index is 13.2. The highest BCUT2D eigenvalue weighted by molar-refractivity contribution is 6.18. The van der Waals surface area contributed by atoms with Gasteiger partial charge in [0.1, 0.15) is 5.82 Å². The molecule has 1 saturated heterocycles. The van der Waals surface area contributed by atoms with E-state index in [0.717, 1.165) is 5.56 Å². The predicted octanol–water partition coefficient (Wildman–Crippen LogP) is 2.21. The Kier molecular flexibility index (Phi) is 4.19. The first-order valence-corrected chi connectivity index (χ1v) is 6.37. The number of hydrogen-bond acceptors (Lipinski definition) is 2. The maximum Gasteiger partial charge on any atom is 0.254 e. The third-order valence-electron chi connectivity index (χ3n) is 3.10. The lowest BCUT2D eigenvalue weighted by Gasteiger charge is -2.34. The van der Waals surface area contributed by atoms with E-state index in [0.29, 0.717) is 31.2 Å². The van der Waals surface area contributed by atoms with Gasteiger partial charge in [-0.3, -0.25) is 4.79 Å².